The molecule has 0 bridgehead atoms. The molecule has 2 rings (SSSR count). The first kappa shape index (κ1) is 13.7. The van der Waals surface area contributed by atoms with E-state index >= 15 is 0 Å². The number of unbranched alkanes of at least 4 members (excludes halogenated alkanes) is 1. The van der Waals surface area contributed by atoms with Crippen LogP contribution in [0.4, 0.5) is 0 Å². The summed E-state index contributed by atoms with van der Waals surface area (Å²) < 4.78 is 0. The first-order valence-corrected chi connectivity index (χ1v) is 6.72. The van der Waals surface area contributed by atoms with E-state index in [0.717, 1.165) is 25.1 Å². The van der Waals surface area contributed by atoms with E-state index in [4.69, 9.17) is 5.11 Å². The van der Waals surface area contributed by atoms with Gasteiger partial charge in [0.1, 0.15) is 0 Å². The van der Waals surface area contributed by atoms with Gasteiger partial charge in [-0.3, -0.25) is 4.98 Å². The second-order valence-corrected chi connectivity index (χ2v) is 4.48. The molecule has 1 aromatic heterocycles. The molecular weight excluding hydrogens is 236 g/mol. The minimum Gasteiger partial charge on any atom is -0.396 e. The summed E-state index contributed by atoms with van der Waals surface area (Å²) in [5, 5.41) is 12.3. The molecule has 2 aromatic rings. The molecule has 0 saturated heterocycles. The zero-order valence-electron chi connectivity index (χ0n) is 11.0. The van der Waals surface area contributed by atoms with Crippen molar-refractivity contribution in [2.75, 3.05) is 13.2 Å². The van der Waals surface area contributed by atoms with Gasteiger partial charge < -0.3 is 10.4 Å². The topological polar surface area (TPSA) is 45.1 Å². The van der Waals surface area contributed by atoms with Gasteiger partial charge in [0.25, 0.3) is 0 Å². The fourth-order valence-corrected chi connectivity index (χ4v) is 2.07. The highest BCUT2D eigenvalue weighted by atomic mass is 16.2. The van der Waals surface area contributed by atoms with Gasteiger partial charge in [-0.2, -0.15) is 0 Å². The molecule has 1 atom stereocenters. The number of rotatable bonds is 7. The van der Waals surface area contributed by atoms with E-state index < -0.39 is 0 Å². The minimum atomic E-state index is 0.112. The number of nitrogens with one attached hydrogen (secondary N) is 1. The summed E-state index contributed by atoms with van der Waals surface area (Å²) in [6.07, 6.45) is 3.62. The highest BCUT2D eigenvalue weighted by Crippen LogP contribution is 2.19. The van der Waals surface area contributed by atoms with Crippen LogP contribution in [0.25, 0.3) is 0 Å². The van der Waals surface area contributed by atoms with E-state index in [1.54, 1.807) is 0 Å². The van der Waals surface area contributed by atoms with Crippen LogP contribution in [-0.2, 0) is 0 Å². The van der Waals surface area contributed by atoms with Crippen LogP contribution >= 0.6 is 0 Å². The van der Waals surface area contributed by atoms with E-state index in [9.17, 15) is 0 Å². The van der Waals surface area contributed by atoms with Crippen LogP contribution in [0.3, 0.4) is 0 Å². The third-order valence-electron chi connectivity index (χ3n) is 3.05. The lowest BCUT2D eigenvalue weighted by molar-refractivity contribution is 0.283. The molecule has 0 amide bonds. The van der Waals surface area contributed by atoms with Gasteiger partial charge >= 0.3 is 0 Å². The Balaban J connectivity index is 2.10. The van der Waals surface area contributed by atoms with Crippen LogP contribution in [0.15, 0.2) is 54.7 Å². The van der Waals surface area contributed by atoms with Crippen molar-refractivity contribution in [3.8, 4) is 0 Å². The zero-order chi connectivity index (χ0) is 13.3. The average molecular weight is 256 g/mol. The Morgan fingerprint density at radius 3 is 2.47 bits per heavy atom. The number of hydrogen-bond acceptors (Lipinski definition) is 3. The van der Waals surface area contributed by atoms with Crippen molar-refractivity contribution >= 4 is 0 Å². The Kier molecular flexibility index (Phi) is 5.53. The van der Waals surface area contributed by atoms with Gasteiger partial charge in [0.2, 0.25) is 0 Å². The van der Waals surface area contributed by atoms with Crippen LogP contribution in [0.5, 0.6) is 0 Å². The normalized spacial score (nSPS) is 12.3. The molecule has 1 unspecified atom stereocenters. The summed E-state index contributed by atoms with van der Waals surface area (Å²) in [5.74, 6) is 0. The van der Waals surface area contributed by atoms with Crippen molar-refractivity contribution in [2.24, 2.45) is 0 Å². The van der Waals surface area contributed by atoms with Crippen molar-refractivity contribution < 1.29 is 5.11 Å². The van der Waals surface area contributed by atoms with Gasteiger partial charge in [0.15, 0.2) is 0 Å². The Labute approximate surface area is 114 Å². The highest BCUT2D eigenvalue weighted by Gasteiger charge is 2.13. The molecule has 0 radical (unpaired) electrons. The fourth-order valence-electron chi connectivity index (χ4n) is 2.07. The van der Waals surface area contributed by atoms with Gasteiger partial charge in [-0.25, -0.2) is 0 Å². The predicted molar refractivity (Wildman–Crippen MR) is 76.8 cm³/mol. The van der Waals surface area contributed by atoms with Gasteiger partial charge in [-0.05, 0) is 37.1 Å². The molecule has 0 aliphatic heterocycles. The molecule has 3 nitrogen and oxygen atoms in total. The number of aliphatic hydroxyl groups is 1. The largest absolute Gasteiger partial charge is 0.396 e. The van der Waals surface area contributed by atoms with Crippen LogP contribution in [0, 0.1) is 0 Å². The Morgan fingerprint density at radius 2 is 1.79 bits per heavy atom. The molecule has 0 fully saturated rings. The first-order valence-electron chi connectivity index (χ1n) is 6.72. The number of nitrogens with zero attached hydrogens (tertiary/aromatic N) is 1. The van der Waals surface area contributed by atoms with E-state index in [0.29, 0.717) is 0 Å². The van der Waals surface area contributed by atoms with Crippen LogP contribution in [0.1, 0.15) is 30.1 Å². The monoisotopic (exact) mass is 256 g/mol. The summed E-state index contributed by atoms with van der Waals surface area (Å²) in [4.78, 5) is 4.44. The smallest absolute Gasteiger partial charge is 0.0751 e. The number of hydrogen-bond donors (Lipinski definition) is 2. The molecule has 0 spiro atoms. The third kappa shape index (κ3) is 4.16. The van der Waals surface area contributed by atoms with Gasteiger partial charge in [0.05, 0.1) is 11.7 Å². The molecule has 1 heterocycles. The third-order valence-corrected chi connectivity index (χ3v) is 3.05. The van der Waals surface area contributed by atoms with Crippen molar-refractivity contribution in [1.29, 1.82) is 0 Å². The average Bonchev–Trinajstić information content (AvgIpc) is 2.49. The molecule has 100 valence electrons. The Hall–Kier alpha value is -1.71. The van der Waals surface area contributed by atoms with Crippen LogP contribution < -0.4 is 5.32 Å². The van der Waals surface area contributed by atoms with Crippen molar-refractivity contribution in [2.45, 2.75) is 18.9 Å². The van der Waals surface area contributed by atoms with Gasteiger partial charge in [-0.1, -0.05) is 36.4 Å². The Morgan fingerprint density at radius 1 is 1.00 bits per heavy atom. The molecule has 2 N–H and O–H groups in total. The standard InChI is InChI=1S/C16H20N2O/c19-13-7-6-12-18-16(14-8-2-1-3-9-14)15-10-4-5-11-17-15/h1-5,8-11,16,18-19H,6-7,12-13H2. The molecule has 0 aliphatic rings. The predicted octanol–water partition coefficient (Wildman–Crippen LogP) is 2.53. The lowest BCUT2D eigenvalue weighted by Crippen LogP contribution is -2.24. The van der Waals surface area contributed by atoms with Crippen LogP contribution in [0.2, 0.25) is 0 Å². The fraction of sp³-hybridized carbons (Fsp3) is 0.312. The number of aromatic nitrogens is 1. The van der Waals surface area contributed by atoms with Crippen molar-refractivity contribution in [3.63, 3.8) is 0 Å². The second-order valence-electron chi connectivity index (χ2n) is 4.48. The van der Waals surface area contributed by atoms with Gasteiger partial charge in [0, 0.05) is 12.8 Å². The molecule has 3 heteroatoms. The second kappa shape index (κ2) is 7.67. The summed E-state index contributed by atoms with van der Waals surface area (Å²) in [5.41, 5.74) is 2.24. The van der Waals surface area contributed by atoms with E-state index in [1.165, 1.54) is 5.56 Å². The molecule has 19 heavy (non-hydrogen) atoms. The molecular formula is C16H20N2O. The minimum absolute atomic E-state index is 0.112. The molecule has 0 aliphatic carbocycles. The number of benzene rings is 1. The van der Waals surface area contributed by atoms with Crippen molar-refractivity contribution in [1.82, 2.24) is 10.3 Å². The summed E-state index contributed by atoms with van der Waals surface area (Å²) >= 11 is 0. The summed E-state index contributed by atoms with van der Waals surface area (Å²) in [6.45, 7) is 1.12. The highest BCUT2D eigenvalue weighted by molar-refractivity contribution is 5.27. The first-order chi connectivity index (χ1) is 9.42. The maximum absolute atomic E-state index is 8.83. The SMILES string of the molecule is OCCCCNC(c1ccccc1)c1ccccn1. The lowest BCUT2D eigenvalue weighted by atomic mass is 10.0. The van der Waals surface area contributed by atoms with Crippen molar-refractivity contribution in [3.05, 3.63) is 66.0 Å². The maximum atomic E-state index is 8.83. The molecule has 1 aromatic carbocycles. The quantitative estimate of drug-likeness (QED) is 0.748. The number of aliphatic hydroxyl groups excluding tert-OH is 1. The number of pyridine rings is 1. The maximum Gasteiger partial charge on any atom is 0.0751 e. The summed E-state index contributed by atoms with van der Waals surface area (Å²) in [6, 6.07) is 16.4. The zero-order valence-corrected chi connectivity index (χ0v) is 11.0. The van der Waals surface area contributed by atoms with Crippen LogP contribution in [-0.4, -0.2) is 23.2 Å². The summed E-state index contributed by atoms with van der Waals surface area (Å²) in [7, 11) is 0. The molecule has 0 saturated carbocycles. The van der Waals surface area contributed by atoms with Gasteiger partial charge in [-0.15, -0.1) is 0 Å². The Bertz CT molecular complexity index is 419. The van der Waals surface area contributed by atoms with E-state index in [2.05, 4.69) is 22.4 Å². The lowest BCUT2D eigenvalue weighted by Gasteiger charge is -2.18. The van der Waals surface area contributed by atoms with E-state index in [-0.39, 0.29) is 12.6 Å². The van der Waals surface area contributed by atoms with E-state index in [1.807, 2.05) is 42.6 Å².